The van der Waals surface area contributed by atoms with Gasteiger partial charge in [-0.05, 0) is 77.8 Å². The van der Waals surface area contributed by atoms with Crippen molar-refractivity contribution in [2.45, 2.75) is 72.8 Å². The Balaban J connectivity index is 1.46. The van der Waals surface area contributed by atoms with Crippen molar-refractivity contribution in [3.63, 3.8) is 0 Å². The Morgan fingerprint density at radius 2 is 1.32 bits per heavy atom. The monoisotopic (exact) mass is 460 g/mol. The van der Waals surface area contributed by atoms with Crippen molar-refractivity contribution in [1.82, 2.24) is 9.80 Å². The molecule has 2 aromatic carbocycles. The normalized spacial score (nSPS) is 26.6. The van der Waals surface area contributed by atoms with Crippen LogP contribution in [0.1, 0.15) is 64.3 Å². The Hall–Kier alpha value is -2.86. The number of benzene rings is 2. The van der Waals surface area contributed by atoms with Crippen LogP contribution < -0.4 is 0 Å². The molecule has 34 heavy (non-hydrogen) atoms. The number of hydrogen-bond acceptors (Lipinski definition) is 6. The molecule has 0 amide bonds. The molecule has 2 aromatic rings. The molecule has 3 aliphatic heterocycles. The van der Waals surface area contributed by atoms with Crippen LogP contribution in [0.5, 0.6) is 0 Å². The van der Waals surface area contributed by atoms with Gasteiger partial charge in [0.25, 0.3) is 0 Å². The Bertz CT molecular complexity index is 1190. The van der Waals surface area contributed by atoms with E-state index in [9.17, 15) is 0 Å². The molecule has 0 radical (unpaired) electrons. The summed E-state index contributed by atoms with van der Waals surface area (Å²) in [5, 5.41) is 9.29. The molecule has 0 N–H and O–H groups in total. The fourth-order valence-corrected chi connectivity index (χ4v) is 6.28. The van der Waals surface area contributed by atoms with Gasteiger partial charge >= 0.3 is 0 Å². The number of nitrogens with zero attached hydrogens (tertiary/aromatic N) is 4. The molecule has 5 rings (SSSR count). The zero-order valence-corrected chi connectivity index (χ0v) is 21.7. The molecule has 1 saturated heterocycles. The third-order valence-electron chi connectivity index (χ3n) is 7.75. The minimum absolute atomic E-state index is 0.565. The fourth-order valence-electron chi connectivity index (χ4n) is 6.28. The molecule has 6 nitrogen and oxygen atoms in total. The molecule has 1 spiro atoms. The second kappa shape index (κ2) is 7.84. The first-order valence-electron chi connectivity index (χ1n) is 12.2. The predicted molar refractivity (Wildman–Crippen MR) is 136 cm³/mol. The summed E-state index contributed by atoms with van der Waals surface area (Å²) in [5.74, 6) is 0.923. The highest BCUT2D eigenvalue weighted by atomic mass is 16.7. The van der Waals surface area contributed by atoms with Crippen LogP contribution in [0.25, 0.3) is 0 Å². The molecule has 3 heterocycles. The van der Waals surface area contributed by atoms with Crippen LogP contribution in [0.3, 0.4) is 0 Å². The first-order chi connectivity index (χ1) is 16.0. The van der Waals surface area contributed by atoms with E-state index in [2.05, 4.69) is 99.9 Å². The van der Waals surface area contributed by atoms with E-state index in [-0.39, 0.29) is 0 Å². The molecule has 0 bridgehead atoms. The van der Waals surface area contributed by atoms with E-state index in [0.29, 0.717) is 6.42 Å². The van der Waals surface area contributed by atoms with Crippen LogP contribution in [-0.4, -0.2) is 52.9 Å². The maximum atomic E-state index is 6.31. The van der Waals surface area contributed by atoms with Crippen LogP contribution in [0.2, 0.25) is 0 Å². The smallest absolute Gasteiger partial charge is 0.214 e. The number of amidine groups is 1. The van der Waals surface area contributed by atoms with Gasteiger partial charge in [-0.15, -0.1) is 0 Å². The van der Waals surface area contributed by atoms with E-state index in [1.165, 1.54) is 44.5 Å². The zero-order valence-electron chi connectivity index (χ0n) is 21.7. The third-order valence-corrected chi connectivity index (χ3v) is 7.75. The number of rotatable bonds is 2. The van der Waals surface area contributed by atoms with Crippen molar-refractivity contribution in [2.24, 2.45) is 10.3 Å². The van der Waals surface area contributed by atoms with E-state index in [4.69, 9.17) is 9.68 Å². The third kappa shape index (κ3) is 3.50. The van der Waals surface area contributed by atoms with Gasteiger partial charge in [0, 0.05) is 24.2 Å². The highest BCUT2D eigenvalue weighted by Crippen LogP contribution is 2.44. The molecule has 0 unspecified atom stereocenters. The average Bonchev–Trinajstić information content (AvgIpc) is 3.24. The summed E-state index contributed by atoms with van der Waals surface area (Å²) in [5.41, 5.74) is 9.70. The first kappa shape index (κ1) is 22.9. The Morgan fingerprint density at radius 3 is 1.91 bits per heavy atom. The van der Waals surface area contributed by atoms with Gasteiger partial charge in [0.1, 0.15) is 0 Å². The predicted octanol–water partition coefficient (Wildman–Crippen LogP) is 5.10. The van der Waals surface area contributed by atoms with Crippen molar-refractivity contribution in [2.75, 3.05) is 20.1 Å². The van der Waals surface area contributed by atoms with E-state index < -0.39 is 11.4 Å². The molecule has 0 aromatic heterocycles. The van der Waals surface area contributed by atoms with Gasteiger partial charge in [-0.1, -0.05) is 45.7 Å². The standard InChI is InChI=1S/C28H36N4O2/c1-17-11-19(3)24(20(4)12-17)23-15-28(34-29-23)16-27(7)32(10-9-31(28)8)26(30-33-27)25-21(5)13-18(2)14-22(25)6/h11-14H,9-10,15-16H2,1-8H3/t27-,28+/m1/s1. The number of oxime groups is 2. The number of hydrogen-bond donors (Lipinski definition) is 0. The molecular formula is C28H36N4O2. The van der Waals surface area contributed by atoms with Crippen LogP contribution in [-0.2, 0) is 9.68 Å². The van der Waals surface area contributed by atoms with E-state index >= 15 is 0 Å². The summed E-state index contributed by atoms with van der Waals surface area (Å²) in [6.45, 7) is 16.7. The van der Waals surface area contributed by atoms with Crippen molar-refractivity contribution in [3.8, 4) is 0 Å². The molecule has 6 heteroatoms. The Labute approximate surface area is 203 Å². The van der Waals surface area contributed by atoms with E-state index in [0.717, 1.165) is 31.1 Å². The lowest BCUT2D eigenvalue weighted by atomic mass is 9.89. The summed E-state index contributed by atoms with van der Waals surface area (Å²) < 4.78 is 0. The van der Waals surface area contributed by atoms with Crippen LogP contribution in [0, 0.1) is 41.5 Å². The van der Waals surface area contributed by atoms with Gasteiger partial charge < -0.3 is 14.6 Å². The number of likely N-dealkylation sites (N-methyl/N-ethyl adjacent to an activating group) is 1. The van der Waals surface area contributed by atoms with Crippen LogP contribution in [0.4, 0.5) is 0 Å². The van der Waals surface area contributed by atoms with Gasteiger partial charge in [0.05, 0.1) is 18.6 Å². The maximum Gasteiger partial charge on any atom is 0.214 e. The highest BCUT2D eigenvalue weighted by molar-refractivity contribution is 6.04. The molecule has 0 aliphatic carbocycles. The van der Waals surface area contributed by atoms with Crippen molar-refractivity contribution < 1.29 is 9.68 Å². The van der Waals surface area contributed by atoms with Crippen LogP contribution >= 0.6 is 0 Å². The molecule has 3 aliphatic rings. The highest BCUT2D eigenvalue weighted by Gasteiger charge is 2.56. The summed E-state index contributed by atoms with van der Waals surface area (Å²) in [7, 11) is 2.14. The average molecular weight is 461 g/mol. The van der Waals surface area contributed by atoms with Gasteiger partial charge in [0.2, 0.25) is 11.4 Å². The zero-order chi connectivity index (χ0) is 24.4. The van der Waals surface area contributed by atoms with Gasteiger partial charge in [-0.2, -0.15) is 0 Å². The summed E-state index contributed by atoms with van der Waals surface area (Å²) in [4.78, 5) is 17.2. The Morgan fingerprint density at radius 1 is 0.765 bits per heavy atom. The van der Waals surface area contributed by atoms with Gasteiger partial charge in [-0.25, -0.2) is 0 Å². The molecule has 180 valence electrons. The Kier molecular flexibility index (Phi) is 5.28. The number of fused-ring (bicyclic) bond motifs is 1. The molecular weight excluding hydrogens is 424 g/mol. The van der Waals surface area contributed by atoms with Crippen molar-refractivity contribution >= 4 is 11.5 Å². The quantitative estimate of drug-likeness (QED) is 0.625. The largest absolute Gasteiger partial charge is 0.372 e. The molecule has 1 fully saturated rings. The SMILES string of the molecule is Cc1cc(C)c(C2=NO[C@@]3(C2)C[C@@]2(C)ON=C(c4c(C)cc(C)cc4C)N2CCN3C)c(C)c1. The van der Waals surface area contributed by atoms with Gasteiger partial charge in [-0.3, -0.25) is 4.90 Å². The summed E-state index contributed by atoms with van der Waals surface area (Å²) in [6.07, 6.45) is 1.36. The summed E-state index contributed by atoms with van der Waals surface area (Å²) >= 11 is 0. The maximum absolute atomic E-state index is 6.31. The lowest BCUT2D eigenvalue weighted by Crippen LogP contribution is -2.52. The second-order valence-electron chi connectivity index (χ2n) is 10.7. The van der Waals surface area contributed by atoms with Crippen molar-refractivity contribution in [1.29, 1.82) is 0 Å². The second-order valence-corrected chi connectivity index (χ2v) is 10.7. The van der Waals surface area contributed by atoms with Gasteiger partial charge in [0.15, 0.2) is 5.84 Å². The molecule has 2 atom stereocenters. The lowest BCUT2D eigenvalue weighted by molar-refractivity contribution is -0.177. The van der Waals surface area contributed by atoms with E-state index in [1.807, 2.05) is 0 Å². The summed E-state index contributed by atoms with van der Waals surface area (Å²) in [6, 6.07) is 8.89. The minimum Gasteiger partial charge on any atom is -0.372 e. The van der Waals surface area contributed by atoms with Crippen LogP contribution in [0.15, 0.2) is 34.6 Å². The van der Waals surface area contributed by atoms with E-state index in [1.54, 1.807) is 0 Å². The van der Waals surface area contributed by atoms with Crippen molar-refractivity contribution in [3.05, 3.63) is 68.8 Å². The molecule has 0 saturated carbocycles. The fraction of sp³-hybridized carbons (Fsp3) is 0.500. The number of aryl methyl sites for hydroxylation is 6. The lowest BCUT2D eigenvalue weighted by Gasteiger charge is -2.38. The first-order valence-corrected chi connectivity index (χ1v) is 12.2. The minimum atomic E-state index is -0.605. The topological polar surface area (TPSA) is 49.7 Å².